The molecule has 0 saturated heterocycles. The van der Waals surface area contributed by atoms with Gasteiger partial charge in [0.25, 0.3) is 5.91 Å². The number of nitrogens with one attached hydrogen (secondary N) is 1. The maximum absolute atomic E-state index is 12.9. The second-order valence-corrected chi connectivity index (χ2v) is 8.02. The first-order chi connectivity index (χ1) is 16.4. The largest absolute Gasteiger partial charge is 0.497 e. The number of hydrogen-bond donors (Lipinski definition) is 1. The van der Waals surface area contributed by atoms with E-state index in [2.05, 4.69) is 51.5 Å². The molecule has 34 heavy (non-hydrogen) atoms. The fourth-order valence-corrected chi connectivity index (χ4v) is 3.73. The van der Waals surface area contributed by atoms with Gasteiger partial charge >= 0.3 is 0 Å². The Morgan fingerprint density at radius 3 is 2.47 bits per heavy atom. The number of fused-ring (bicyclic) bond motifs is 1. The molecular formula is C25H23N7O2. The number of hydrogen-bond acceptors (Lipinski definition) is 6. The average Bonchev–Trinajstić information content (AvgIpc) is 3.44. The summed E-state index contributed by atoms with van der Waals surface area (Å²) in [7, 11) is 1.58. The molecule has 5 rings (SSSR count). The number of carbonyl (C=O) groups excluding carboxylic acids is 1. The van der Waals surface area contributed by atoms with Crippen molar-refractivity contribution >= 4 is 22.8 Å². The lowest BCUT2D eigenvalue weighted by Crippen LogP contribution is -2.15. The number of aryl methyl sites for hydroxylation is 3. The van der Waals surface area contributed by atoms with Gasteiger partial charge in [-0.2, -0.15) is 14.9 Å². The summed E-state index contributed by atoms with van der Waals surface area (Å²) in [6, 6.07) is 14.8. The zero-order valence-electron chi connectivity index (χ0n) is 19.3. The monoisotopic (exact) mass is 453 g/mol. The van der Waals surface area contributed by atoms with Crippen LogP contribution in [-0.4, -0.2) is 42.5 Å². The Kier molecular flexibility index (Phi) is 5.29. The fourth-order valence-electron chi connectivity index (χ4n) is 3.73. The number of aromatic nitrogens is 6. The Hall–Kier alpha value is -4.53. The summed E-state index contributed by atoms with van der Waals surface area (Å²) >= 11 is 0. The number of carbonyl (C=O) groups is 1. The van der Waals surface area contributed by atoms with Crippen molar-refractivity contribution in [2.24, 2.45) is 0 Å². The summed E-state index contributed by atoms with van der Waals surface area (Å²) in [5, 5.41) is 12.8. The Bertz CT molecular complexity index is 1520. The van der Waals surface area contributed by atoms with E-state index in [4.69, 9.17) is 4.74 Å². The van der Waals surface area contributed by atoms with E-state index in [0.29, 0.717) is 34.0 Å². The summed E-state index contributed by atoms with van der Waals surface area (Å²) < 4.78 is 8.55. The number of anilines is 1. The van der Waals surface area contributed by atoms with Crippen molar-refractivity contribution in [1.82, 2.24) is 29.5 Å². The molecule has 3 aromatic heterocycles. The molecule has 9 nitrogen and oxygen atoms in total. The highest BCUT2D eigenvalue weighted by Crippen LogP contribution is 2.25. The van der Waals surface area contributed by atoms with Crippen LogP contribution in [0.5, 0.6) is 5.75 Å². The smallest absolute Gasteiger partial charge is 0.256 e. The van der Waals surface area contributed by atoms with Crippen LogP contribution >= 0.6 is 0 Å². The van der Waals surface area contributed by atoms with Gasteiger partial charge in [0.05, 0.1) is 30.1 Å². The number of benzene rings is 2. The topological polar surface area (TPSA) is 99.8 Å². The molecule has 5 aromatic rings. The predicted octanol–water partition coefficient (Wildman–Crippen LogP) is 4.19. The first kappa shape index (κ1) is 21.3. The third kappa shape index (κ3) is 3.77. The van der Waals surface area contributed by atoms with Gasteiger partial charge in [-0.25, -0.2) is 14.6 Å². The minimum absolute atomic E-state index is 0.264. The molecule has 0 aliphatic rings. The molecule has 9 heteroatoms. The van der Waals surface area contributed by atoms with E-state index in [1.807, 2.05) is 13.0 Å². The van der Waals surface area contributed by atoms with Crippen LogP contribution in [0, 0.1) is 20.8 Å². The van der Waals surface area contributed by atoms with E-state index in [-0.39, 0.29) is 5.91 Å². The third-order valence-corrected chi connectivity index (χ3v) is 5.71. The third-order valence-electron chi connectivity index (χ3n) is 5.71. The van der Waals surface area contributed by atoms with Gasteiger partial charge in [0.2, 0.25) is 0 Å². The van der Waals surface area contributed by atoms with Crippen LogP contribution in [0.1, 0.15) is 27.2 Å². The Labute approximate surface area is 196 Å². The maximum Gasteiger partial charge on any atom is 0.256 e. The quantitative estimate of drug-likeness (QED) is 0.428. The molecule has 0 radical (unpaired) electrons. The van der Waals surface area contributed by atoms with Crippen LogP contribution in [0.2, 0.25) is 0 Å². The molecule has 0 aliphatic carbocycles. The maximum atomic E-state index is 12.9. The molecule has 3 heterocycles. The SMILES string of the molecule is COc1ccc(C(=O)Nc2cc(C)nn2-c2ncnc3c2cnn3-c2ccc(C)c(C)c2)cc1. The van der Waals surface area contributed by atoms with Crippen molar-refractivity contribution in [3.63, 3.8) is 0 Å². The van der Waals surface area contributed by atoms with Gasteiger partial charge in [-0.05, 0) is 68.3 Å². The van der Waals surface area contributed by atoms with E-state index >= 15 is 0 Å². The Morgan fingerprint density at radius 1 is 0.941 bits per heavy atom. The lowest BCUT2D eigenvalue weighted by Gasteiger charge is -2.10. The second-order valence-electron chi connectivity index (χ2n) is 8.02. The molecule has 0 fully saturated rings. The minimum Gasteiger partial charge on any atom is -0.497 e. The highest BCUT2D eigenvalue weighted by atomic mass is 16.5. The van der Waals surface area contributed by atoms with Gasteiger partial charge in [-0.15, -0.1) is 0 Å². The highest BCUT2D eigenvalue weighted by Gasteiger charge is 2.18. The van der Waals surface area contributed by atoms with Gasteiger partial charge in [-0.3, -0.25) is 4.79 Å². The molecule has 1 N–H and O–H groups in total. The van der Waals surface area contributed by atoms with Crippen molar-refractivity contribution in [3.8, 4) is 17.3 Å². The van der Waals surface area contributed by atoms with Crippen LogP contribution in [0.3, 0.4) is 0 Å². The summed E-state index contributed by atoms with van der Waals surface area (Å²) in [4.78, 5) is 21.8. The molecule has 0 unspecified atom stereocenters. The summed E-state index contributed by atoms with van der Waals surface area (Å²) in [5.41, 5.74) is 5.17. The van der Waals surface area contributed by atoms with Crippen LogP contribution in [-0.2, 0) is 0 Å². The Morgan fingerprint density at radius 2 is 1.74 bits per heavy atom. The molecule has 2 aromatic carbocycles. The summed E-state index contributed by atoms with van der Waals surface area (Å²) in [6.07, 6.45) is 3.19. The molecule has 1 amide bonds. The first-order valence-electron chi connectivity index (χ1n) is 10.7. The van der Waals surface area contributed by atoms with Gasteiger partial charge in [0, 0.05) is 11.6 Å². The van der Waals surface area contributed by atoms with Crippen molar-refractivity contribution in [1.29, 1.82) is 0 Å². The highest BCUT2D eigenvalue weighted by molar-refractivity contribution is 6.04. The minimum atomic E-state index is -0.264. The Balaban J connectivity index is 1.54. The van der Waals surface area contributed by atoms with Crippen molar-refractivity contribution in [2.75, 3.05) is 12.4 Å². The fraction of sp³-hybridized carbons (Fsp3) is 0.160. The van der Waals surface area contributed by atoms with Crippen LogP contribution in [0.4, 0.5) is 5.82 Å². The van der Waals surface area contributed by atoms with E-state index in [9.17, 15) is 4.79 Å². The van der Waals surface area contributed by atoms with E-state index in [1.54, 1.807) is 53.0 Å². The van der Waals surface area contributed by atoms with E-state index in [0.717, 1.165) is 11.4 Å². The zero-order valence-corrected chi connectivity index (χ0v) is 19.3. The van der Waals surface area contributed by atoms with Gasteiger partial charge in [0.15, 0.2) is 11.5 Å². The predicted molar refractivity (Wildman–Crippen MR) is 129 cm³/mol. The van der Waals surface area contributed by atoms with Gasteiger partial charge < -0.3 is 10.1 Å². The molecule has 0 spiro atoms. The van der Waals surface area contributed by atoms with Crippen LogP contribution < -0.4 is 10.1 Å². The molecular weight excluding hydrogens is 430 g/mol. The average molecular weight is 454 g/mol. The van der Waals surface area contributed by atoms with E-state index < -0.39 is 0 Å². The van der Waals surface area contributed by atoms with Gasteiger partial charge in [0.1, 0.15) is 17.9 Å². The summed E-state index contributed by atoms with van der Waals surface area (Å²) in [5.74, 6) is 1.44. The van der Waals surface area contributed by atoms with Crippen LogP contribution in [0.25, 0.3) is 22.5 Å². The normalized spacial score (nSPS) is 11.1. The molecule has 0 bridgehead atoms. The molecule has 170 valence electrons. The lowest BCUT2D eigenvalue weighted by atomic mass is 10.1. The van der Waals surface area contributed by atoms with Crippen molar-refractivity contribution in [3.05, 3.63) is 83.4 Å². The number of amides is 1. The molecule has 0 atom stereocenters. The zero-order chi connectivity index (χ0) is 23.8. The standard InChI is InChI=1S/C25H23N7O2/c1-15-5-8-19(11-16(15)2)31-23-21(13-28-31)24(27-14-26-23)32-22(12-17(3)30-32)29-25(33)18-6-9-20(34-4)10-7-18/h5-14H,1-4H3,(H,29,33). The number of nitrogens with zero attached hydrogens (tertiary/aromatic N) is 6. The number of rotatable bonds is 5. The lowest BCUT2D eigenvalue weighted by molar-refractivity contribution is 0.102. The van der Waals surface area contributed by atoms with Crippen molar-refractivity contribution < 1.29 is 9.53 Å². The summed E-state index contributed by atoms with van der Waals surface area (Å²) in [6.45, 7) is 5.99. The molecule has 0 saturated carbocycles. The van der Waals surface area contributed by atoms with Crippen molar-refractivity contribution in [2.45, 2.75) is 20.8 Å². The molecule has 0 aliphatic heterocycles. The second kappa shape index (κ2) is 8.43. The number of methoxy groups -OCH3 is 1. The number of ether oxygens (including phenoxy) is 1. The first-order valence-corrected chi connectivity index (χ1v) is 10.7. The van der Waals surface area contributed by atoms with E-state index in [1.165, 1.54) is 17.5 Å². The van der Waals surface area contributed by atoms with Gasteiger partial charge in [-0.1, -0.05) is 6.07 Å². The van der Waals surface area contributed by atoms with Crippen LogP contribution in [0.15, 0.2) is 61.1 Å².